The lowest BCUT2D eigenvalue weighted by Crippen LogP contribution is -2.48. The Balaban J connectivity index is 1.58. The summed E-state index contributed by atoms with van der Waals surface area (Å²) in [5.41, 5.74) is 4.48. The van der Waals surface area contributed by atoms with Crippen LogP contribution in [0.15, 0.2) is 48.5 Å². The fourth-order valence-corrected chi connectivity index (χ4v) is 3.95. The molecule has 0 spiro atoms. The Morgan fingerprint density at radius 1 is 1.00 bits per heavy atom. The van der Waals surface area contributed by atoms with Crippen LogP contribution in [0.1, 0.15) is 36.8 Å². The van der Waals surface area contributed by atoms with Crippen LogP contribution in [0.25, 0.3) is 11.1 Å². The summed E-state index contributed by atoms with van der Waals surface area (Å²) < 4.78 is 10.6. The van der Waals surface area contributed by atoms with E-state index < -0.39 is 29.9 Å². The van der Waals surface area contributed by atoms with E-state index in [1.54, 1.807) is 6.92 Å². The van der Waals surface area contributed by atoms with Gasteiger partial charge in [0.25, 0.3) is 0 Å². The molecule has 33 heavy (non-hydrogen) atoms. The second-order valence-corrected chi connectivity index (χ2v) is 8.12. The van der Waals surface area contributed by atoms with E-state index in [0.29, 0.717) is 6.42 Å². The SMILES string of the molecule is COCCC(NC(=O)OCC1c2ccccc2-c2ccccc21)C(=O)NCCC(C)C(=O)O. The van der Waals surface area contributed by atoms with Gasteiger partial charge in [-0.25, -0.2) is 4.79 Å². The van der Waals surface area contributed by atoms with Crippen LogP contribution in [0.4, 0.5) is 4.79 Å². The second kappa shape index (κ2) is 11.5. The molecule has 0 saturated carbocycles. The third-order valence-corrected chi connectivity index (χ3v) is 5.86. The third-order valence-electron chi connectivity index (χ3n) is 5.86. The predicted octanol–water partition coefficient (Wildman–Crippen LogP) is 3.16. The Labute approximate surface area is 193 Å². The van der Waals surface area contributed by atoms with Crippen LogP contribution in [-0.2, 0) is 19.1 Å². The number of carbonyl (C=O) groups is 3. The quantitative estimate of drug-likeness (QED) is 0.481. The number of methoxy groups -OCH3 is 1. The van der Waals surface area contributed by atoms with Gasteiger partial charge in [-0.2, -0.15) is 0 Å². The number of fused-ring (bicyclic) bond motifs is 3. The molecule has 8 heteroatoms. The standard InChI is InChI=1S/C25H30N2O6/c1-16(24(29)30)11-13-26-23(28)22(12-14-32-2)27-25(31)33-15-21-19-9-5-3-7-17(19)18-8-4-6-10-20(18)21/h3-10,16,21-22H,11-15H2,1-2H3,(H,26,28)(H,27,31)(H,29,30). The number of ether oxygens (including phenoxy) is 2. The van der Waals surface area contributed by atoms with Gasteiger partial charge in [0.05, 0.1) is 5.92 Å². The number of carboxylic acids is 1. The maximum Gasteiger partial charge on any atom is 0.407 e. The summed E-state index contributed by atoms with van der Waals surface area (Å²) in [5, 5.41) is 14.3. The number of hydrogen-bond donors (Lipinski definition) is 3. The summed E-state index contributed by atoms with van der Waals surface area (Å²) in [6.07, 6.45) is -0.128. The summed E-state index contributed by atoms with van der Waals surface area (Å²) in [4.78, 5) is 36.0. The first-order valence-corrected chi connectivity index (χ1v) is 11.0. The van der Waals surface area contributed by atoms with Crippen molar-refractivity contribution in [3.63, 3.8) is 0 Å². The van der Waals surface area contributed by atoms with Crippen molar-refractivity contribution in [1.82, 2.24) is 10.6 Å². The average molecular weight is 455 g/mol. The monoisotopic (exact) mass is 454 g/mol. The highest BCUT2D eigenvalue weighted by molar-refractivity contribution is 5.85. The third kappa shape index (κ3) is 6.10. The van der Waals surface area contributed by atoms with Crippen molar-refractivity contribution in [1.29, 1.82) is 0 Å². The normalized spacial score (nSPS) is 14.0. The van der Waals surface area contributed by atoms with Crippen LogP contribution in [0.5, 0.6) is 0 Å². The Bertz CT molecular complexity index is 947. The highest BCUT2D eigenvalue weighted by atomic mass is 16.5. The molecule has 0 radical (unpaired) electrons. The number of hydrogen-bond acceptors (Lipinski definition) is 5. The highest BCUT2D eigenvalue weighted by Gasteiger charge is 2.29. The molecule has 0 bridgehead atoms. The molecule has 2 amide bonds. The molecular weight excluding hydrogens is 424 g/mol. The zero-order chi connectivity index (χ0) is 23.8. The van der Waals surface area contributed by atoms with E-state index >= 15 is 0 Å². The van der Waals surface area contributed by atoms with Crippen LogP contribution < -0.4 is 10.6 Å². The molecule has 0 heterocycles. The lowest BCUT2D eigenvalue weighted by atomic mass is 9.98. The maximum atomic E-state index is 12.5. The topological polar surface area (TPSA) is 114 Å². The summed E-state index contributed by atoms with van der Waals surface area (Å²) in [6, 6.07) is 15.3. The van der Waals surface area contributed by atoms with Gasteiger partial charge in [-0.1, -0.05) is 55.5 Å². The van der Waals surface area contributed by atoms with Gasteiger partial charge in [0, 0.05) is 32.6 Å². The smallest absolute Gasteiger partial charge is 0.407 e. The first-order chi connectivity index (χ1) is 15.9. The zero-order valence-corrected chi connectivity index (χ0v) is 18.9. The number of amides is 2. The molecule has 8 nitrogen and oxygen atoms in total. The number of rotatable bonds is 11. The molecule has 0 fully saturated rings. The van der Waals surface area contributed by atoms with Crippen molar-refractivity contribution in [3.05, 3.63) is 59.7 Å². The lowest BCUT2D eigenvalue weighted by molar-refractivity contribution is -0.141. The summed E-state index contributed by atoms with van der Waals surface area (Å²) >= 11 is 0. The minimum Gasteiger partial charge on any atom is -0.481 e. The summed E-state index contributed by atoms with van der Waals surface area (Å²) in [6.45, 7) is 2.19. The molecule has 0 saturated heterocycles. The van der Waals surface area contributed by atoms with E-state index in [0.717, 1.165) is 22.3 Å². The fourth-order valence-electron chi connectivity index (χ4n) is 3.95. The molecular formula is C25H30N2O6. The molecule has 176 valence electrons. The van der Waals surface area contributed by atoms with E-state index in [1.165, 1.54) is 7.11 Å². The van der Waals surface area contributed by atoms with Crippen molar-refractivity contribution < 1.29 is 29.0 Å². The van der Waals surface area contributed by atoms with Gasteiger partial charge in [-0.3, -0.25) is 9.59 Å². The molecule has 2 unspecified atom stereocenters. The number of carbonyl (C=O) groups excluding carboxylic acids is 2. The first-order valence-electron chi connectivity index (χ1n) is 11.0. The van der Waals surface area contributed by atoms with Crippen molar-refractivity contribution in [3.8, 4) is 11.1 Å². The number of aliphatic carboxylic acids is 1. The Kier molecular flexibility index (Phi) is 8.43. The van der Waals surface area contributed by atoms with Crippen LogP contribution in [0.2, 0.25) is 0 Å². The van der Waals surface area contributed by atoms with Gasteiger partial charge in [0.15, 0.2) is 0 Å². The molecule has 1 aliphatic rings. The Morgan fingerprint density at radius 2 is 1.61 bits per heavy atom. The number of carboxylic acid groups (broad SMARTS) is 1. The predicted molar refractivity (Wildman–Crippen MR) is 123 cm³/mol. The molecule has 0 aliphatic heterocycles. The van der Waals surface area contributed by atoms with Crippen molar-refractivity contribution in [2.24, 2.45) is 5.92 Å². The Hall–Kier alpha value is -3.39. The molecule has 1 aliphatic carbocycles. The number of nitrogens with one attached hydrogen (secondary N) is 2. The average Bonchev–Trinajstić information content (AvgIpc) is 3.13. The van der Waals surface area contributed by atoms with Gasteiger partial charge in [-0.05, 0) is 28.7 Å². The maximum absolute atomic E-state index is 12.5. The summed E-state index contributed by atoms with van der Waals surface area (Å²) in [5.74, 6) is -1.97. The fraction of sp³-hybridized carbons (Fsp3) is 0.400. The molecule has 3 N–H and O–H groups in total. The number of alkyl carbamates (subject to hydrolysis) is 1. The molecule has 0 aromatic heterocycles. The van der Waals surface area contributed by atoms with E-state index in [9.17, 15) is 14.4 Å². The second-order valence-electron chi connectivity index (χ2n) is 8.12. The van der Waals surface area contributed by atoms with Gasteiger partial charge in [-0.15, -0.1) is 0 Å². The number of benzene rings is 2. The minimum absolute atomic E-state index is 0.0769. The van der Waals surface area contributed by atoms with Gasteiger partial charge < -0.3 is 25.2 Å². The minimum atomic E-state index is -0.919. The zero-order valence-electron chi connectivity index (χ0n) is 18.9. The molecule has 2 atom stereocenters. The van der Waals surface area contributed by atoms with E-state index in [4.69, 9.17) is 14.6 Å². The summed E-state index contributed by atoms with van der Waals surface area (Å²) in [7, 11) is 1.51. The van der Waals surface area contributed by atoms with Crippen molar-refractivity contribution in [2.75, 3.05) is 26.9 Å². The largest absolute Gasteiger partial charge is 0.481 e. The van der Waals surface area contributed by atoms with E-state index in [1.807, 2.05) is 36.4 Å². The Morgan fingerprint density at radius 3 is 2.18 bits per heavy atom. The first kappa shape index (κ1) is 24.3. The molecule has 3 rings (SSSR count). The van der Waals surface area contributed by atoms with Crippen LogP contribution >= 0.6 is 0 Å². The lowest BCUT2D eigenvalue weighted by Gasteiger charge is -2.20. The van der Waals surface area contributed by atoms with Gasteiger partial charge >= 0.3 is 12.1 Å². The van der Waals surface area contributed by atoms with Crippen molar-refractivity contribution >= 4 is 18.0 Å². The molecule has 2 aromatic rings. The van der Waals surface area contributed by atoms with E-state index in [2.05, 4.69) is 22.8 Å². The van der Waals surface area contributed by atoms with Crippen LogP contribution in [0, 0.1) is 5.92 Å². The van der Waals surface area contributed by atoms with Gasteiger partial charge in [0.1, 0.15) is 12.6 Å². The van der Waals surface area contributed by atoms with Crippen LogP contribution in [0.3, 0.4) is 0 Å². The van der Waals surface area contributed by atoms with Gasteiger partial charge in [0.2, 0.25) is 5.91 Å². The van der Waals surface area contributed by atoms with Crippen molar-refractivity contribution in [2.45, 2.75) is 31.7 Å². The van der Waals surface area contributed by atoms with E-state index in [-0.39, 0.29) is 32.1 Å². The van der Waals surface area contributed by atoms with Crippen LogP contribution in [-0.4, -0.2) is 56.0 Å². The molecule has 2 aromatic carbocycles. The highest BCUT2D eigenvalue weighted by Crippen LogP contribution is 2.44.